The minimum atomic E-state index is -0.345. The number of urea groups is 1. The van der Waals surface area contributed by atoms with Crippen LogP contribution < -0.4 is 10.2 Å². The maximum absolute atomic E-state index is 13.0. The molecule has 132 valence electrons. The summed E-state index contributed by atoms with van der Waals surface area (Å²) >= 11 is 0. The van der Waals surface area contributed by atoms with Crippen LogP contribution in [0.3, 0.4) is 0 Å². The molecule has 2 aromatic heterocycles. The largest absolute Gasteiger partial charge is 0.353 e. The van der Waals surface area contributed by atoms with E-state index in [0.29, 0.717) is 32.7 Å². The third-order valence-electron chi connectivity index (χ3n) is 4.39. The Hall–Kier alpha value is -2.70. The molecule has 1 fully saturated rings. The molecule has 1 N–H and O–H groups in total. The molecular formula is C18H22FN5O. The van der Waals surface area contributed by atoms with E-state index in [-0.39, 0.29) is 11.8 Å². The number of nitrogens with one attached hydrogen (secondary N) is 1. The van der Waals surface area contributed by atoms with Crippen molar-refractivity contribution in [3.63, 3.8) is 0 Å². The predicted octanol–water partition coefficient (Wildman–Crippen LogP) is 2.26. The number of pyridine rings is 2. The van der Waals surface area contributed by atoms with Gasteiger partial charge in [-0.05, 0) is 43.2 Å². The molecule has 7 heteroatoms. The van der Waals surface area contributed by atoms with Crippen molar-refractivity contribution < 1.29 is 9.18 Å². The van der Waals surface area contributed by atoms with Gasteiger partial charge in [0.1, 0.15) is 11.6 Å². The van der Waals surface area contributed by atoms with Crippen LogP contribution >= 0.6 is 0 Å². The van der Waals surface area contributed by atoms with E-state index in [4.69, 9.17) is 0 Å². The molecule has 1 saturated heterocycles. The van der Waals surface area contributed by atoms with E-state index in [1.165, 1.54) is 12.3 Å². The first-order valence-electron chi connectivity index (χ1n) is 8.34. The Kier molecular flexibility index (Phi) is 5.11. The van der Waals surface area contributed by atoms with Crippen LogP contribution in [0.15, 0.2) is 30.6 Å². The Balaban J connectivity index is 1.50. The molecule has 0 bridgehead atoms. The summed E-state index contributed by atoms with van der Waals surface area (Å²) in [4.78, 5) is 24.6. The number of carbonyl (C=O) groups excluding carboxylic acids is 1. The molecule has 0 radical (unpaired) electrons. The molecule has 6 nitrogen and oxygen atoms in total. The van der Waals surface area contributed by atoms with Crippen molar-refractivity contribution in [3.05, 3.63) is 53.2 Å². The Morgan fingerprint density at radius 2 is 1.92 bits per heavy atom. The smallest absolute Gasteiger partial charge is 0.317 e. The number of nitrogens with zero attached hydrogens (tertiary/aromatic N) is 4. The summed E-state index contributed by atoms with van der Waals surface area (Å²) in [5, 5.41) is 2.95. The van der Waals surface area contributed by atoms with Gasteiger partial charge in [0, 0.05) is 44.6 Å². The topological polar surface area (TPSA) is 61.4 Å². The third-order valence-corrected chi connectivity index (χ3v) is 4.39. The molecule has 3 heterocycles. The quantitative estimate of drug-likeness (QED) is 0.929. The van der Waals surface area contributed by atoms with Gasteiger partial charge < -0.3 is 15.1 Å². The summed E-state index contributed by atoms with van der Waals surface area (Å²) in [5.41, 5.74) is 3.12. The lowest BCUT2D eigenvalue weighted by Crippen LogP contribution is -2.51. The summed E-state index contributed by atoms with van der Waals surface area (Å²) < 4.78 is 13.0. The second kappa shape index (κ2) is 7.46. The van der Waals surface area contributed by atoms with Gasteiger partial charge in [0.05, 0.1) is 6.20 Å². The van der Waals surface area contributed by atoms with Crippen LogP contribution in [0, 0.1) is 19.7 Å². The minimum absolute atomic E-state index is 0.0771. The van der Waals surface area contributed by atoms with E-state index in [1.807, 2.05) is 26.1 Å². The lowest BCUT2D eigenvalue weighted by molar-refractivity contribution is 0.194. The Morgan fingerprint density at radius 3 is 2.56 bits per heavy atom. The standard InChI is InChI=1S/C18H22FN5O/c1-13-9-14(2)20-10-15(13)11-22-18(25)24-7-5-23(6-8-24)17-4-3-16(19)12-21-17/h3-4,9-10,12H,5-8,11H2,1-2H3,(H,22,25). The van der Waals surface area contributed by atoms with E-state index in [9.17, 15) is 9.18 Å². The lowest BCUT2D eigenvalue weighted by atomic mass is 10.1. The normalized spacial score (nSPS) is 14.5. The van der Waals surface area contributed by atoms with Gasteiger partial charge >= 0.3 is 6.03 Å². The summed E-state index contributed by atoms with van der Waals surface area (Å²) in [7, 11) is 0. The molecule has 1 aliphatic rings. The SMILES string of the molecule is Cc1cc(C)c(CNC(=O)N2CCN(c3ccc(F)cn3)CC2)cn1. The van der Waals surface area contributed by atoms with Crippen LogP contribution in [0.25, 0.3) is 0 Å². The van der Waals surface area contributed by atoms with Crippen LogP contribution in [0.5, 0.6) is 0 Å². The molecule has 0 aliphatic carbocycles. The number of carbonyl (C=O) groups is 1. The third kappa shape index (κ3) is 4.23. The van der Waals surface area contributed by atoms with Gasteiger partial charge in [0.25, 0.3) is 0 Å². The Bertz CT molecular complexity index is 742. The van der Waals surface area contributed by atoms with Crippen molar-refractivity contribution in [2.45, 2.75) is 20.4 Å². The summed E-state index contributed by atoms with van der Waals surface area (Å²) in [6.45, 7) is 7.01. The number of hydrogen-bond donors (Lipinski definition) is 1. The van der Waals surface area contributed by atoms with Crippen LogP contribution in [0.2, 0.25) is 0 Å². The maximum atomic E-state index is 13.0. The van der Waals surface area contributed by atoms with Crippen molar-refractivity contribution in [2.75, 3.05) is 31.1 Å². The molecule has 0 atom stereocenters. The highest BCUT2D eigenvalue weighted by atomic mass is 19.1. The average Bonchev–Trinajstić information content (AvgIpc) is 2.61. The maximum Gasteiger partial charge on any atom is 0.317 e. The van der Waals surface area contributed by atoms with Gasteiger partial charge in [-0.15, -0.1) is 0 Å². The monoisotopic (exact) mass is 343 g/mol. The molecule has 3 rings (SSSR count). The molecule has 1 aliphatic heterocycles. The van der Waals surface area contributed by atoms with E-state index >= 15 is 0 Å². The first kappa shape index (κ1) is 17.1. The molecule has 0 saturated carbocycles. The van der Waals surface area contributed by atoms with Crippen molar-refractivity contribution in [3.8, 4) is 0 Å². The van der Waals surface area contributed by atoms with E-state index in [1.54, 1.807) is 11.0 Å². The molecule has 25 heavy (non-hydrogen) atoms. The Morgan fingerprint density at radius 1 is 1.16 bits per heavy atom. The number of hydrogen-bond acceptors (Lipinski definition) is 4. The number of amides is 2. The second-order valence-electron chi connectivity index (χ2n) is 6.22. The predicted molar refractivity (Wildman–Crippen MR) is 93.9 cm³/mol. The lowest BCUT2D eigenvalue weighted by Gasteiger charge is -2.35. The highest BCUT2D eigenvalue weighted by molar-refractivity contribution is 5.74. The van der Waals surface area contributed by atoms with Crippen LogP contribution in [-0.2, 0) is 6.54 Å². The van der Waals surface area contributed by atoms with Crippen molar-refractivity contribution in [1.29, 1.82) is 0 Å². The number of anilines is 1. The molecule has 2 aromatic rings. The molecule has 0 unspecified atom stereocenters. The second-order valence-corrected chi connectivity index (χ2v) is 6.22. The number of rotatable bonds is 3. The van der Waals surface area contributed by atoms with Crippen LogP contribution in [-0.4, -0.2) is 47.1 Å². The number of aromatic nitrogens is 2. The number of piperazine rings is 1. The van der Waals surface area contributed by atoms with Crippen molar-refractivity contribution in [1.82, 2.24) is 20.2 Å². The van der Waals surface area contributed by atoms with Crippen LogP contribution in [0.1, 0.15) is 16.8 Å². The zero-order valence-corrected chi connectivity index (χ0v) is 14.5. The van der Waals surface area contributed by atoms with E-state index in [0.717, 1.165) is 22.6 Å². The van der Waals surface area contributed by atoms with Gasteiger partial charge in [-0.2, -0.15) is 0 Å². The first-order valence-corrected chi connectivity index (χ1v) is 8.34. The fourth-order valence-electron chi connectivity index (χ4n) is 2.89. The highest BCUT2D eigenvalue weighted by Crippen LogP contribution is 2.14. The van der Waals surface area contributed by atoms with Gasteiger partial charge in [-0.3, -0.25) is 4.98 Å². The van der Waals surface area contributed by atoms with Gasteiger partial charge in [-0.1, -0.05) is 0 Å². The molecule has 0 aromatic carbocycles. The summed E-state index contributed by atoms with van der Waals surface area (Å²) in [6, 6.07) is 5.00. The van der Waals surface area contributed by atoms with Gasteiger partial charge in [0.15, 0.2) is 0 Å². The molecular weight excluding hydrogens is 321 g/mol. The first-order chi connectivity index (χ1) is 12.0. The number of aryl methyl sites for hydroxylation is 2. The summed E-state index contributed by atoms with van der Waals surface area (Å²) in [5.74, 6) is 0.394. The molecule has 2 amide bonds. The molecule has 0 spiro atoms. The van der Waals surface area contributed by atoms with Gasteiger partial charge in [0.2, 0.25) is 0 Å². The highest BCUT2D eigenvalue weighted by Gasteiger charge is 2.21. The fourth-order valence-corrected chi connectivity index (χ4v) is 2.89. The van der Waals surface area contributed by atoms with Crippen LogP contribution in [0.4, 0.5) is 15.0 Å². The fraction of sp³-hybridized carbons (Fsp3) is 0.389. The zero-order chi connectivity index (χ0) is 17.8. The van der Waals surface area contributed by atoms with Crippen molar-refractivity contribution >= 4 is 11.8 Å². The Labute approximate surface area is 146 Å². The zero-order valence-electron chi connectivity index (χ0n) is 14.5. The summed E-state index contributed by atoms with van der Waals surface area (Å²) in [6.07, 6.45) is 3.02. The average molecular weight is 343 g/mol. The van der Waals surface area contributed by atoms with E-state index < -0.39 is 0 Å². The van der Waals surface area contributed by atoms with Gasteiger partial charge in [-0.25, -0.2) is 14.2 Å². The van der Waals surface area contributed by atoms with Crippen molar-refractivity contribution in [2.24, 2.45) is 0 Å². The minimum Gasteiger partial charge on any atom is -0.353 e. The van der Waals surface area contributed by atoms with E-state index in [2.05, 4.69) is 20.2 Å². The number of halogens is 1.